The molecule has 0 radical (unpaired) electrons. The summed E-state index contributed by atoms with van der Waals surface area (Å²) in [5.74, 6) is -0.0431. The van der Waals surface area contributed by atoms with E-state index in [4.69, 9.17) is 0 Å². The Morgan fingerprint density at radius 3 is 2.40 bits per heavy atom. The number of hydrogen-bond acceptors (Lipinski definition) is 2. The number of nitrogens with one attached hydrogen (secondary N) is 2. The van der Waals surface area contributed by atoms with Crippen LogP contribution in [0, 0.1) is 0 Å². The van der Waals surface area contributed by atoms with Gasteiger partial charge in [-0.15, -0.1) is 0 Å². The Hall–Kier alpha value is -1.77. The molecule has 2 N–H and O–H groups in total. The van der Waals surface area contributed by atoms with Gasteiger partial charge in [0.15, 0.2) is 0 Å². The van der Waals surface area contributed by atoms with Crippen LogP contribution in [0.3, 0.4) is 0 Å². The van der Waals surface area contributed by atoms with Gasteiger partial charge in [-0.1, -0.05) is 18.2 Å². The number of benzene rings is 1. The average molecular weight is 202 g/mol. The van der Waals surface area contributed by atoms with Gasteiger partial charge in [-0.05, 0) is 26.0 Å². The van der Waals surface area contributed by atoms with E-state index in [0.717, 1.165) is 11.4 Å². The Kier molecular flexibility index (Phi) is 2.23. The molecule has 0 saturated heterocycles. The molecule has 1 aromatic rings. The third-order valence-electron chi connectivity index (χ3n) is 2.44. The van der Waals surface area contributed by atoms with Crippen molar-refractivity contribution in [1.82, 2.24) is 5.32 Å². The van der Waals surface area contributed by atoms with E-state index in [1.165, 1.54) is 0 Å². The Bertz CT molecular complexity index is 407. The first-order valence-electron chi connectivity index (χ1n) is 4.94. The number of amides is 1. The topological polar surface area (TPSA) is 41.1 Å². The minimum absolute atomic E-state index is 0.0431. The van der Waals surface area contributed by atoms with Crippen LogP contribution in [-0.2, 0) is 4.79 Å². The normalized spacial score (nSPS) is 18.3. The number of carbonyl (C=O) groups excluding carboxylic acids is 1. The van der Waals surface area contributed by atoms with E-state index >= 15 is 0 Å². The van der Waals surface area contributed by atoms with E-state index in [-0.39, 0.29) is 11.4 Å². The standard InChI is InChI=1S/C12H14N2O/c1-12(2)10(8-11(15)14-12)13-9-6-4-3-5-7-9/h3-8,13H,1-2H3,(H,14,15). The SMILES string of the molecule is CC1(C)NC(=O)C=C1Nc1ccccc1. The van der Waals surface area contributed by atoms with Gasteiger partial charge >= 0.3 is 0 Å². The highest BCUT2D eigenvalue weighted by atomic mass is 16.1. The number of carbonyl (C=O) groups is 1. The number of hydrogen-bond donors (Lipinski definition) is 2. The molecule has 0 aromatic heterocycles. The molecule has 3 nitrogen and oxygen atoms in total. The molecule has 0 atom stereocenters. The lowest BCUT2D eigenvalue weighted by Crippen LogP contribution is -2.40. The summed E-state index contributed by atoms with van der Waals surface area (Å²) in [6.45, 7) is 3.94. The van der Waals surface area contributed by atoms with Crippen molar-refractivity contribution in [3.05, 3.63) is 42.1 Å². The van der Waals surface area contributed by atoms with Crippen LogP contribution in [-0.4, -0.2) is 11.4 Å². The van der Waals surface area contributed by atoms with Gasteiger partial charge in [-0.25, -0.2) is 0 Å². The molecule has 0 aliphatic carbocycles. The van der Waals surface area contributed by atoms with E-state index in [2.05, 4.69) is 10.6 Å². The van der Waals surface area contributed by atoms with Crippen LogP contribution in [0.15, 0.2) is 42.1 Å². The van der Waals surface area contributed by atoms with Crippen LogP contribution >= 0.6 is 0 Å². The summed E-state index contributed by atoms with van der Waals surface area (Å²) in [4.78, 5) is 11.2. The molecule has 3 heteroatoms. The first-order valence-corrected chi connectivity index (χ1v) is 4.94. The smallest absolute Gasteiger partial charge is 0.246 e. The van der Waals surface area contributed by atoms with Crippen molar-refractivity contribution < 1.29 is 4.79 Å². The largest absolute Gasteiger partial charge is 0.357 e. The second-order valence-electron chi connectivity index (χ2n) is 4.16. The molecule has 0 spiro atoms. The van der Waals surface area contributed by atoms with Crippen molar-refractivity contribution >= 4 is 11.6 Å². The van der Waals surface area contributed by atoms with Gasteiger partial charge < -0.3 is 10.6 Å². The monoisotopic (exact) mass is 202 g/mol. The third kappa shape index (κ3) is 2.01. The fourth-order valence-electron chi connectivity index (χ4n) is 1.59. The van der Waals surface area contributed by atoms with Crippen molar-refractivity contribution in [3.63, 3.8) is 0 Å². The molecule has 1 aromatic carbocycles. The average Bonchev–Trinajstić information content (AvgIpc) is 2.41. The molecule has 78 valence electrons. The Labute approximate surface area is 89.2 Å². The maximum atomic E-state index is 11.2. The van der Waals surface area contributed by atoms with E-state index < -0.39 is 0 Å². The maximum absolute atomic E-state index is 11.2. The number of para-hydroxylation sites is 1. The Balaban J connectivity index is 2.20. The zero-order chi connectivity index (χ0) is 10.9. The zero-order valence-electron chi connectivity index (χ0n) is 8.87. The highest BCUT2D eigenvalue weighted by molar-refractivity contribution is 5.93. The maximum Gasteiger partial charge on any atom is 0.246 e. The second-order valence-corrected chi connectivity index (χ2v) is 4.16. The van der Waals surface area contributed by atoms with Crippen LogP contribution in [0.4, 0.5) is 5.69 Å². The molecule has 15 heavy (non-hydrogen) atoms. The minimum atomic E-state index is -0.313. The fraction of sp³-hybridized carbons (Fsp3) is 0.250. The van der Waals surface area contributed by atoms with Crippen LogP contribution in [0.25, 0.3) is 0 Å². The highest BCUT2D eigenvalue weighted by Crippen LogP contribution is 2.22. The third-order valence-corrected chi connectivity index (χ3v) is 2.44. The molecular weight excluding hydrogens is 188 g/mol. The van der Waals surface area contributed by atoms with Gasteiger partial charge in [0.05, 0.1) is 5.54 Å². The van der Waals surface area contributed by atoms with Crippen molar-refractivity contribution in [1.29, 1.82) is 0 Å². The highest BCUT2D eigenvalue weighted by Gasteiger charge is 2.31. The lowest BCUT2D eigenvalue weighted by molar-refractivity contribution is -0.116. The molecule has 1 amide bonds. The van der Waals surface area contributed by atoms with Crippen LogP contribution in [0.1, 0.15) is 13.8 Å². The molecule has 0 fully saturated rings. The van der Waals surface area contributed by atoms with Gasteiger partial charge in [0, 0.05) is 17.5 Å². The van der Waals surface area contributed by atoms with Gasteiger partial charge in [-0.3, -0.25) is 4.79 Å². The van der Waals surface area contributed by atoms with Crippen molar-refractivity contribution in [2.24, 2.45) is 0 Å². The summed E-state index contributed by atoms with van der Waals surface area (Å²) in [5.41, 5.74) is 1.58. The van der Waals surface area contributed by atoms with E-state index in [0.29, 0.717) is 0 Å². The van der Waals surface area contributed by atoms with Gasteiger partial charge in [0.2, 0.25) is 5.91 Å². The molecule has 0 unspecified atom stereocenters. The Morgan fingerprint density at radius 2 is 1.87 bits per heavy atom. The lowest BCUT2D eigenvalue weighted by atomic mass is 10.0. The summed E-state index contributed by atoms with van der Waals surface area (Å²) in [6.07, 6.45) is 1.60. The molecule has 1 aliphatic rings. The number of rotatable bonds is 2. The fourth-order valence-corrected chi connectivity index (χ4v) is 1.59. The summed E-state index contributed by atoms with van der Waals surface area (Å²) >= 11 is 0. The molecule has 0 bridgehead atoms. The summed E-state index contributed by atoms with van der Waals surface area (Å²) in [5, 5.41) is 6.11. The van der Waals surface area contributed by atoms with Crippen molar-refractivity contribution in [3.8, 4) is 0 Å². The van der Waals surface area contributed by atoms with E-state index in [9.17, 15) is 4.79 Å². The molecule has 2 rings (SSSR count). The summed E-state index contributed by atoms with van der Waals surface area (Å²) < 4.78 is 0. The van der Waals surface area contributed by atoms with E-state index in [1.807, 2.05) is 44.2 Å². The molecule has 1 aliphatic heterocycles. The van der Waals surface area contributed by atoms with E-state index in [1.54, 1.807) is 6.08 Å². The number of anilines is 1. The zero-order valence-corrected chi connectivity index (χ0v) is 8.87. The first-order chi connectivity index (χ1) is 7.08. The second kappa shape index (κ2) is 3.42. The van der Waals surface area contributed by atoms with Crippen molar-refractivity contribution in [2.75, 3.05) is 5.32 Å². The Morgan fingerprint density at radius 1 is 1.20 bits per heavy atom. The van der Waals surface area contributed by atoms with Gasteiger partial charge in [0.25, 0.3) is 0 Å². The predicted molar refractivity (Wildman–Crippen MR) is 60.4 cm³/mol. The molecule has 1 heterocycles. The van der Waals surface area contributed by atoms with Gasteiger partial charge in [-0.2, -0.15) is 0 Å². The van der Waals surface area contributed by atoms with Crippen LogP contribution < -0.4 is 10.6 Å². The predicted octanol–water partition coefficient (Wildman–Crippen LogP) is 1.89. The first kappa shape index (κ1) is 9.77. The van der Waals surface area contributed by atoms with Crippen LogP contribution in [0.2, 0.25) is 0 Å². The van der Waals surface area contributed by atoms with Crippen LogP contribution in [0.5, 0.6) is 0 Å². The molecular formula is C12H14N2O. The minimum Gasteiger partial charge on any atom is -0.357 e. The lowest BCUT2D eigenvalue weighted by Gasteiger charge is -2.23. The summed E-state index contributed by atoms with van der Waals surface area (Å²) in [7, 11) is 0. The van der Waals surface area contributed by atoms with Gasteiger partial charge in [0.1, 0.15) is 0 Å². The summed E-state index contributed by atoms with van der Waals surface area (Å²) in [6, 6.07) is 9.82. The quantitative estimate of drug-likeness (QED) is 0.769. The molecule has 0 saturated carbocycles. The van der Waals surface area contributed by atoms with Crippen molar-refractivity contribution in [2.45, 2.75) is 19.4 Å².